The predicted octanol–water partition coefficient (Wildman–Crippen LogP) is 3.01. The van der Waals surface area contributed by atoms with Crippen molar-refractivity contribution in [2.24, 2.45) is 5.92 Å². The second-order valence-corrected chi connectivity index (χ2v) is 5.86. The Morgan fingerprint density at radius 1 is 1.39 bits per heavy atom. The number of hydrogen-bond donors (Lipinski definition) is 0. The number of benzene rings is 1. The molecule has 4 nitrogen and oxygen atoms in total. The number of ether oxygens (including phenoxy) is 1. The molecular weight excluding hydrogens is 311 g/mol. The van der Waals surface area contributed by atoms with Gasteiger partial charge in [0.25, 0.3) is 0 Å². The van der Waals surface area contributed by atoms with Crippen molar-refractivity contribution in [2.75, 3.05) is 6.54 Å². The first-order chi connectivity index (χ1) is 10.7. The van der Waals surface area contributed by atoms with Crippen molar-refractivity contribution >= 4 is 11.9 Å². The van der Waals surface area contributed by atoms with E-state index >= 15 is 0 Å². The van der Waals surface area contributed by atoms with Crippen LogP contribution in [0.25, 0.3) is 0 Å². The van der Waals surface area contributed by atoms with Gasteiger partial charge in [-0.3, -0.25) is 9.59 Å². The minimum Gasteiger partial charge on any atom is -0.463 e. The zero-order valence-electron chi connectivity index (χ0n) is 12.9. The third-order valence-corrected chi connectivity index (χ3v) is 3.53. The molecule has 23 heavy (non-hydrogen) atoms. The van der Waals surface area contributed by atoms with Crippen molar-refractivity contribution in [3.8, 4) is 0 Å². The summed E-state index contributed by atoms with van der Waals surface area (Å²) in [5, 5.41) is 0. The quantitative estimate of drug-likeness (QED) is 0.798. The minimum atomic E-state index is -4.42. The molecule has 1 aliphatic rings. The average molecular weight is 329 g/mol. The maximum atomic E-state index is 12.7. The van der Waals surface area contributed by atoms with Crippen LogP contribution in [0.4, 0.5) is 13.2 Å². The molecule has 0 spiro atoms. The summed E-state index contributed by atoms with van der Waals surface area (Å²) in [6, 6.07) is 4.84. The van der Waals surface area contributed by atoms with Gasteiger partial charge >= 0.3 is 12.1 Å². The number of rotatable bonds is 4. The van der Waals surface area contributed by atoms with Crippen molar-refractivity contribution in [3.63, 3.8) is 0 Å². The second-order valence-electron chi connectivity index (χ2n) is 5.86. The van der Waals surface area contributed by atoms with E-state index in [1.807, 2.05) is 0 Å². The number of carbonyl (C=O) groups is 2. The van der Waals surface area contributed by atoms with Crippen molar-refractivity contribution in [1.29, 1.82) is 0 Å². The van der Waals surface area contributed by atoms with Crippen LogP contribution in [0.3, 0.4) is 0 Å². The van der Waals surface area contributed by atoms with Gasteiger partial charge in [0.2, 0.25) is 5.91 Å². The van der Waals surface area contributed by atoms with Crippen LogP contribution in [-0.2, 0) is 27.0 Å². The van der Waals surface area contributed by atoms with Gasteiger partial charge in [-0.15, -0.1) is 0 Å². The Bertz CT molecular complexity index is 598. The van der Waals surface area contributed by atoms with Gasteiger partial charge in [0.05, 0.1) is 17.6 Å². The van der Waals surface area contributed by atoms with Gasteiger partial charge in [-0.1, -0.05) is 12.1 Å². The molecule has 7 heteroatoms. The Kier molecular flexibility index (Phi) is 4.97. The van der Waals surface area contributed by atoms with E-state index in [0.717, 1.165) is 12.1 Å². The zero-order valence-corrected chi connectivity index (χ0v) is 12.9. The first kappa shape index (κ1) is 17.3. The van der Waals surface area contributed by atoms with E-state index in [1.54, 1.807) is 13.8 Å². The van der Waals surface area contributed by atoms with Crippen LogP contribution in [0, 0.1) is 5.92 Å². The maximum Gasteiger partial charge on any atom is 0.416 e. The van der Waals surface area contributed by atoms with E-state index in [2.05, 4.69) is 0 Å². The standard InChI is InChI=1S/C16H18F3NO3/c1-10(2)23-15(22)12-7-14(21)20(9-12)8-11-4-3-5-13(6-11)16(17,18)19/h3-6,10,12H,7-9H2,1-2H3/t12-/m1/s1. The summed E-state index contributed by atoms with van der Waals surface area (Å²) in [7, 11) is 0. The van der Waals surface area contributed by atoms with E-state index < -0.39 is 23.6 Å². The minimum absolute atomic E-state index is 0.0323. The van der Waals surface area contributed by atoms with Crippen molar-refractivity contribution in [1.82, 2.24) is 4.90 Å². The van der Waals surface area contributed by atoms with Crippen LogP contribution in [0.15, 0.2) is 24.3 Å². The number of esters is 1. The number of amides is 1. The molecule has 1 heterocycles. The van der Waals surface area contributed by atoms with Crippen LogP contribution in [0.2, 0.25) is 0 Å². The summed E-state index contributed by atoms with van der Waals surface area (Å²) >= 11 is 0. The first-order valence-electron chi connectivity index (χ1n) is 7.31. The molecule has 0 bridgehead atoms. The maximum absolute atomic E-state index is 12.7. The van der Waals surface area contributed by atoms with Crippen molar-refractivity contribution < 1.29 is 27.5 Å². The molecular formula is C16H18F3NO3. The molecule has 0 N–H and O–H groups in total. The Balaban J connectivity index is 2.04. The molecule has 1 aliphatic heterocycles. The van der Waals surface area contributed by atoms with Crippen LogP contribution in [0.5, 0.6) is 0 Å². The first-order valence-corrected chi connectivity index (χ1v) is 7.31. The van der Waals surface area contributed by atoms with Gasteiger partial charge in [-0.25, -0.2) is 0 Å². The smallest absolute Gasteiger partial charge is 0.416 e. The molecule has 1 fully saturated rings. The summed E-state index contributed by atoms with van der Waals surface area (Å²) in [6.45, 7) is 3.65. The number of nitrogens with zero attached hydrogens (tertiary/aromatic N) is 1. The highest BCUT2D eigenvalue weighted by Crippen LogP contribution is 2.30. The molecule has 2 rings (SSSR count). The summed E-state index contributed by atoms with van der Waals surface area (Å²) in [6.07, 6.45) is -4.66. The fourth-order valence-corrected chi connectivity index (χ4v) is 2.48. The molecule has 1 saturated heterocycles. The molecule has 0 radical (unpaired) electrons. The molecule has 1 atom stereocenters. The molecule has 1 aromatic rings. The monoisotopic (exact) mass is 329 g/mol. The van der Waals surface area contributed by atoms with Crippen LogP contribution >= 0.6 is 0 Å². The van der Waals surface area contributed by atoms with E-state index in [4.69, 9.17) is 4.74 Å². The molecule has 0 saturated carbocycles. The molecule has 0 aromatic heterocycles. The van der Waals surface area contributed by atoms with Gasteiger partial charge < -0.3 is 9.64 Å². The van der Waals surface area contributed by atoms with Crippen LogP contribution < -0.4 is 0 Å². The van der Waals surface area contributed by atoms with Gasteiger partial charge in [0, 0.05) is 19.5 Å². The topological polar surface area (TPSA) is 46.6 Å². The Morgan fingerprint density at radius 3 is 2.70 bits per heavy atom. The Morgan fingerprint density at radius 2 is 2.09 bits per heavy atom. The zero-order chi connectivity index (χ0) is 17.2. The lowest BCUT2D eigenvalue weighted by atomic mass is 10.1. The van der Waals surface area contributed by atoms with Gasteiger partial charge in [0.15, 0.2) is 0 Å². The van der Waals surface area contributed by atoms with E-state index in [0.29, 0.717) is 5.56 Å². The fraction of sp³-hybridized carbons (Fsp3) is 0.500. The van der Waals surface area contributed by atoms with Gasteiger partial charge in [-0.2, -0.15) is 13.2 Å². The lowest BCUT2D eigenvalue weighted by Crippen LogP contribution is -2.27. The number of carbonyl (C=O) groups excluding carboxylic acids is 2. The van der Waals surface area contributed by atoms with Gasteiger partial charge in [-0.05, 0) is 31.5 Å². The Labute approximate surface area is 132 Å². The van der Waals surface area contributed by atoms with Crippen molar-refractivity contribution in [3.05, 3.63) is 35.4 Å². The molecule has 0 unspecified atom stereocenters. The second kappa shape index (κ2) is 6.60. The third-order valence-electron chi connectivity index (χ3n) is 3.53. The largest absolute Gasteiger partial charge is 0.463 e. The number of alkyl halides is 3. The lowest BCUT2D eigenvalue weighted by Gasteiger charge is -2.18. The number of hydrogen-bond acceptors (Lipinski definition) is 3. The highest BCUT2D eigenvalue weighted by atomic mass is 19.4. The van der Waals surface area contributed by atoms with E-state index in [9.17, 15) is 22.8 Å². The van der Waals surface area contributed by atoms with Gasteiger partial charge in [0.1, 0.15) is 0 Å². The number of likely N-dealkylation sites (tertiary alicyclic amines) is 1. The lowest BCUT2D eigenvalue weighted by molar-refractivity contribution is -0.152. The fourth-order valence-electron chi connectivity index (χ4n) is 2.48. The summed E-state index contributed by atoms with van der Waals surface area (Å²) in [5.41, 5.74) is -0.372. The normalized spacial score (nSPS) is 18.6. The van der Waals surface area contributed by atoms with E-state index in [-0.39, 0.29) is 31.5 Å². The highest BCUT2D eigenvalue weighted by Gasteiger charge is 2.36. The SMILES string of the molecule is CC(C)OC(=O)[C@@H]1CC(=O)N(Cc2cccc(C(F)(F)F)c2)C1. The predicted molar refractivity (Wildman–Crippen MR) is 76.2 cm³/mol. The Hall–Kier alpha value is -2.05. The van der Waals surface area contributed by atoms with Crippen molar-refractivity contribution in [2.45, 2.75) is 39.1 Å². The van der Waals surface area contributed by atoms with Crippen LogP contribution in [-0.4, -0.2) is 29.4 Å². The molecule has 1 amide bonds. The van der Waals surface area contributed by atoms with Crippen LogP contribution in [0.1, 0.15) is 31.4 Å². The summed E-state index contributed by atoms with van der Waals surface area (Å²) in [4.78, 5) is 25.2. The highest BCUT2D eigenvalue weighted by molar-refractivity contribution is 5.86. The molecule has 1 aromatic carbocycles. The molecule has 0 aliphatic carbocycles. The summed E-state index contributed by atoms with van der Waals surface area (Å²) in [5.74, 6) is -1.26. The molecule has 126 valence electrons. The van der Waals surface area contributed by atoms with E-state index in [1.165, 1.54) is 17.0 Å². The average Bonchev–Trinajstić information content (AvgIpc) is 2.79. The number of halogens is 3. The summed E-state index contributed by atoms with van der Waals surface area (Å²) < 4.78 is 43.2. The third kappa shape index (κ3) is 4.46.